The van der Waals surface area contributed by atoms with Crippen molar-refractivity contribution in [3.05, 3.63) is 38.7 Å². The Kier molecular flexibility index (Phi) is 7.15. The molecule has 2 aromatic rings. The fourth-order valence-corrected chi connectivity index (χ4v) is 3.36. The number of rotatable bonds is 8. The summed E-state index contributed by atoms with van der Waals surface area (Å²) < 4.78 is 10.4. The van der Waals surface area contributed by atoms with Gasteiger partial charge in [-0.2, -0.15) is 11.8 Å². The number of ether oxygens (including phenoxy) is 1. The van der Waals surface area contributed by atoms with E-state index in [1.54, 1.807) is 13.0 Å². The average molecular weight is 414 g/mol. The van der Waals surface area contributed by atoms with Gasteiger partial charge >= 0.3 is 11.6 Å². The summed E-state index contributed by atoms with van der Waals surface area (Å²) in [4.78, 5) is 35.9. The van der Waals surface area contributed by atoms with Crippen molar-refractivity contribution in [1.29, 1.82) is 0 Å². The van der Waals surface area contributed by atoms with E-state index in [-0.39, 0.29) is 12.0 Å². The molecule has 2 rings (SSSR count). The van der Waals surface area contributed by atoms with Crippen molar-refractivity contribution in [2.75, 3.05) is 19.1 Å². The Morgan fingerprint density at radius 3 is 2.70 bits per heavy atom. The molecule has 1 heterocycles. The molecule has 2 N–H and O–H groups in total. The van der Waals surface area contributed by atoms with Gasteiger partial charge in [0.15, 0.2) is 0 Å². The zero-order chi connectivity index (χ0) is 20.1. The molecular formula is C18H20ClNO6S. The third kappa shape index (κ3) is 4.95. The molecule has 0 saturated carbocycles. The third-order valence-corrected chi connectivity index (χ3v) is 5.08. The molecule has 1 aromatic carbocycles. The largest absolute Gasteiger partial charge is 0.495 e. The number of fused-ring (bicyclic) bond motifs is 1. The quantitative estimate of drug-likeness (QED) is 0.640. The number of aryl methyl sites for hydroxylation is 1. The van der Waals surface area contributed by atoms with Crippen molar-refractivity contribution in [1.82, 2.24) is 5.32 Å². The Balaban J connectivity index is 2.31. The highest BCUT2D eigenvalue weighted by molar-refractivity contribution is 7.98. The second-order valence-corrected chi connectivity index (χ2v) is 7.29. The zero-order valence-corrected chi connectivity index (χ0v) is 16.7. The van der Waals surface area contributed by atoms with Crippen LogP contribution in [0.15, 0.2) is 21.3 Å². The minimum Gasteiger partial charge on any atom is -0.495 e. The van der Waals surface area contributed by atoms with E-state index in [1.807, 2.05) is 6.26 Å². The minimum atomic E-state index is -1.11. The number of carbonyl (C=O) groups excluding carboxylic acids is 1. The summed E-state index contributed by atoms with van der Waals surface area (Å²) in [7, 11) is 1.45. The van der Waals surface area contributed by atoms with Gasteiger partial charge in [-0.25, -0.2) is 9.59 Å². The molecule has 0 aliphatic carbocycles. The number of thioether (sulfide) groups is 1. The molecule has 0 radical (unpaired) electrons. The maximum Gasteiger partial charge on any atom is 0.340 e. The van der Waals surface area contributed by atoms with Crippen molar-refractivity contribution in [3.8, 4) is 5.75 Å². The van der Waals surface area contributed by atoms with E-state index >= 15 is 0 Å². The molecule has 1 unspecified atom stereocenters. The highest BCUT2D eigenvalue weighted by Crippen LogP contribution is 2.31. The van der Waals surface area contributed by atoms with Crippen LogP contribution in [0.5, 0.6) is 5.75 Å². The number of aliphatic carboxylic acids is 1. The Hall–Kier alpha value is -2.19. The number of carboxylic acid groups (broad SMARTS) is 1. The van der Waals surface area contributed by atoms with Crippen LogP contribution in [0.25, 0.3) is 11.0 Å². The number of hydrogen-bond donors (Lipinski definition) is 2. The Morgan fingerprint density at radius 2 is 2.11 bits per heavy atom. The molecule has 27 heavy (non-hydrogen) atoms. The molecule has 0 fully saturated rings. The first-order valence-electron chi connectivity index (χ1n) is 8.09. The smallest absolute Gasteiger partial charge is 0.340 e. The third-order valence-electron chi connectivity index (χ3n) is 4.14. The molecule has 0 spiro atoms. The van der Waals surface area contributed by atoms with Gasteiger partial charge in [-0.3, -0.25) is 4.79 Å². The van der Waals surface area contributed by atoms with Crippen LogP contribution >= 0.6 is 23.4 Å². The molecule has 146 valence electrons. The van der Waals surface area contributed by atoms with Gasteiger partial charge in [-0.05, 0) is 37.0 Å². The van der Waals surface area contributed by atoms with Crippen LogP contribution in [0.1, 0.15) is 17.5 Å². The van der Waals surface area contributed by atoms with Crippen LogP contribution in [0.2, 0.25) is 5.02 Å². The fraction of sp³-hybridized carbons (Fsp3) is 0.389. The summed E-state index contributed by atoms with van der Waals surface area (Å²) in [6.45, 7) is 1.69. The van der Waals surface area contributed by atoms with Gasteiger partial charge in [0.25, 0.3) is 0 Å². The van der Waals surface area contributed by atoms with Gasteiger partial charge in [-0.15, -0.1) is 0 Å². The minimum absolute atomic E-state index is 0.162. The van der Waals surface area contributed by atoms with Crippen LogP contribution in [0.3, 0.4) is 0 Å². The Labute approximate surface area is 165 Å². The van der Waals surface area contributed by atoms with E-state index in [2.05, 4.69) is 5.32 Å². The van der Waals surface area contributed by atoms with Gasteiger partial charge < -0.3 is 19.6 Å². The summed E-state index contributed by atoms with van der Waals surface area (Å²) in [5.41, 5.74) is 0.356. The van der Waals surface area contributed by atoms with E-state index in [9.17, 15) is 19.5 Å². The van der Waals surface area contributed by atoms with Gasteiger partial charge in [0, 0.05) is 11.5 Å². The summed E-state index contributed by atoms with van der Waals surface area (Å²) >= 11 is 7.62. The number of benzene rings is 1. The first-order valence-corrected chi connectivity index (χ1v) is 9.86. The van der Waals surface area contributed by atoms with Crippen molar-refractivity contribution >= 4 is 46.2 Å². The molecular weight excluding hydrogens is 394 g/mol. The van der Waals surface area contributed by atoms with Crippen LogP contribution in [-0.4, -0.2) is 42.1 Å². The zero-order valence-electron chi connectivity index (χ0n) is 15.1. The lowest BCUT2D eigenvalue weighted by atomic mass is 10.0. The molecule has 7 nitrogen and oxygen atoms in total. The lowest BCUT2D eigenvalue weighted by Gasteiger charge is -2.14. The summed E-state index contributed by atoms with van der Waals surface area (Å²) in [5, 5.41) is 12.6. The lowest BCUT2D eigenvalue weighted by Crippen LogP contribution is -2.42. The molecule has 9 heteroatoms. The normalized spacial score (nSPS) is 12.0. The molecule has 1 atom stereocenters. The first kappa shape index (κ1) is 21.1. The van der Waals surface area contributed by atoms with Gasteiger partial charge in [-0.1, -0.05) is 11.6 Å². The molecule has 0 aliphatic rings. The van der Waals surface area contributed by atoms with E-state index in [0.29, 0.717) is 39.5 Å². The summed E-state index contributed by atoms with van der Waals surface area (Å²) in [6, 6.07) is 2.11. The maximum absolute atomic E-state index is 12.3. The number of halogens is 1. The fourth-order valence-electron chi connectivity index (χ4n) is 2.65. The number of methoxy groups -OCH3 is 1. The lowest BCUT2D eigenvalue weighted by molar-refractivity contribution is -0.141. The highest BCUT2D eigenvalue weighted by atomic mass is 35.5. The topological polar surface area (TPSA) is 106 Å². The number of hydrogen-bond acceptors (Lipinski definition) is 6. The van der Waals surface area contributed by atoms with E-state index < -0.39 is 23.5 Å². The van der Waals surface area contributed by atoms with Crippen LogP contribution in [0.4, 0.5) is 0 Å². The van der Waals surface area contributed by atoms with Crippen molar-refractivity contribution < 1.29 is 23.8 Å². The van der Waals surface area contributed by atoms with Gasteiger partial charge in [0.2, 0.25) is 5.91 Å². The monoisotopic (exact) mass is 413 g/mol. The van der Waals surface area contributed by atoms with Crippen LogP contribution in [0, 0.1) is 6.92 Å². The van der Waals surface area contributed by atoms with Crippen molar-refractivity contribution in [2.45, 2.75) is 25.8 Å². The molecule has 0 bridgehead atoms. The van der Waals surface area contributed by atoms with Crippen molar-refractivity contribution in [3.63, 3.8) is 0 Å². The Bertz CT molecular complexity index is 926. The van der Waals surface area contributed by atoms with Gasteiger partial charge in [0.1, 0.15) is 17.4 Å². The second kappa shape index (κ2) is 9.14. The molecule has 1 amide bonds. The Morgan fingerprint density at radius 1 is 1.41 bits per heavy atom. The molecule has 0 aliphatic heterocycles. The van der Waals surface area contributed by atoms with E-state index in [0.717, 1.165) is 0 Å². The van der Waals surface area contributed by atoms with E-state index in [4.69, 9.17) is 20.8 Å². The SMILES string of the molecule is COc1cc2oc(=O)c(CC(=O)NC(CCSC)C(=O)O)c(C)c2cc1Cl. The molecule has 1 aromatic heterocycles. The predicted octanol–water partition coefficient (Wildman–Crippen LogP) is 2.63. The van der Waals surface area contributed by atoms with Gasteiger partial charge in [0.05, 0.1) is 24.1 Å². The summed E-state index contributed by atoms with van der Waals surface area (Å²) in [5.74, 6) is -0.707. The van der Waals surface area contributed by atoms with Crippen LogP contribution in [-0.2, 0) is 16.0 Å². The van der Waals surface area contributed by atoms with Crippen LogP contribution < -0.4 is 15.7 Å². The summed E-state index contributed by atoms with van der Waals surface area (Å²) in [6.07, 6.45) is 1.87. The first-order chi connectivity index (χ1) is 12.8. The maximum atomic E-state index is 12.3. The molecule has 0 saturated heterocycles. The predicted molar refractivity (Wildman–Crippen MR) is 105 cm³/mol. The average Bonchev–Trinajstić information content (AvgIpc) is 2.62. The number of carboxylic acids is 1. The van der Waals surface area contributed by atoms with E-state index in [1.165, 1.54) is 24.9 Å². The van der Waals surface area contributed by atoms with Crippen molar-refractivity contribution in [2.24, 2.45) is 0 Å². The standard InChI is InChI=1S/C18H20ClNO6S/c1-9-10-6-12(19)15(25-2)8-14(10)26-18(24)11(9)7-16(21)20-13(17(22)23)4-5-27-3/h6,8,13H,4-5,7H2,1-3H3,(H,20,21)(H,22,23). The number of amides is 1. The highest BCUT2D eigenvalue weighted by Gasteiger charge is 2.22. The number of nitrogens with one attached hydrogen (secondary N) is 1. The number of carbonyl (C=O) groups is 2. The second-order valence-electron chi connectivity index (χ2n) is 5.89.